The lowest BCUT2D eigenvalue weighted by atomic mass is 9.84. The highest BCUT2D eigenvalue weighted by Crippen LogP contribution is 2.37. The minimum Gasteiger partial charge on any atom is -0.379 e. The van der Waals surface area contributed by atoms with E-state index >= 15 is 0 Å². The summed E-state index contributed by atoms with van der Waals surface area (Å²) in [6.07, 6.45) is 6.61. The van der Waals surface area contributed by atoms with Gasteiger partial charge in [-0.2, -0.15) is 8.75 Å². The molecule has 1 fully saturated rings. The van der Waals surface area contributed by atoms with Gasteiger partial charge >= 0.3 is 0 Å². The topological polar surface area (TPSA) is 37.8 Å². The Morgan fingerprint density at radius 3 is 2.60 bits per heavy atom. The normalized spacial score (nSPS) is 18.4. The predicted molar refractivity (Wildman–Crippen MR) is 87.1 cm³/mol. The Labute approximate surface area is 133 Å². The van der Waals surface area contributed by atoms with Crippen LogP contribution >= 0.6 is 34.9 Å². The van der Waals surface area contributed by atoms with Gasteiger partial charge in [-0.15, -0.1) is 0 Å². The summed E-state index contributed by atoms with van der Waals surface area (Å²) in [6, 6.07) is 2.14. The fourth-order valence-corrected chi connectivity index (χ4v) is 4.16. The number of aromatic nitrogens is 2. The number of benzene rings is 1. The highest BCUT2D eigenvalue weighted by Gasteiger charge is 2.22. The molecule has 1 aliphatic rings. The quantitative estimate of drug-likeness (QED) is 0.821. The number of halogens is 2. The van der Waals surface area contributed by atoms with Crippen LogP contribution in [0.3, 0.4) is 0 Å². The van der Waals surface area contributed by atoms with E-state index in [0.717, 1.165) is 16.7 Å². The van der Waals surface area contributed by atoms with Crippen LogP contribution in [0.5, 0.6) is 0 Å². The van der Waals surface area contributed by atoms with Crippen molar-refractivity contribution in [3.8, 4) is 0 Å². The van der Waals surface area contributed by atoms with E-state index in [-0.39, 0.29) is 0 Å². The Balaban J connectivity index is 1.88. The number of rotatable bonds is 3. The number of hydrogen-bond donors (Lipinski definition) is 1. The lowest BCUT2D eigenvalue weighted by Crippen LogP contribution is -2.27. The van der Waals surface area contributed by atoms with E-state index in [1.54, 1.807) is 6.07 Å². The monoisotopic (exact) mass is 329 g/mol. The molecule has 0 bridgehead atoms. The van der Waals surface area contributed by atoms with Crippen LogP contribution < -0.4 is 5.32 Å². The first-order chi connectivity index (χ1) is 9.66. The number of anilines is 1. The van der Waals surface area contributed by atoms with Gasteiger partial charge in [-0.3, -0.25) is 0 Å². The first-order valence-corrected chi connectivity index (χ1v) is 8.52. The molecule has 1 aromatic heterocycles. The molecule has 3 nitrogen and oxygen atoms in total. The van der Waals surface area contributed by atoms with E-state index < -0.39 is 0 Å². The number of fused-ring (bicyclic) bond motifs is 1. The average molecular weight is 330 g/mol. The maximum Gasteiger partial charge on any atom is 0.130 e. The van der Waals surface area contributed by atoms with Gasteiger partial charge in [-0.05, 0) is 31.7 Å². The Morgan fingerprint density at radius 1 is 1.15 bits per heavy atom. The van der Waals surface area contributed by atoms with E-state index in [1.165, 1.54) is 43.8 Å². The lowest BCUT2D eigenvalue weighted by Gasteiger charge is -2.29. The molecule has 1 N–H and O–H groups in total. The van der Waals surface area contributed by atoms with E-state index in [2.05, 4.69) is 21.0 Å². The van der Waals surface area contributed by atoms with Crippen molar-refractivity contribution >= 4 is 51.7 Å². The summed E-state index contributed by atoms with van der Waals surface area (Å²) >= 11 is 13.7. The molecule has 0 saturated heterocycles. The van der Waals surface area contributed by atoms with Crippen molar-refractivity contribution in [1.29, 1.82) is 0 Å². The fourth-order valence-electron chi connectivity index (χ4n) is 2.99. The van der Waals surface area contributed by atoms with Crippen LogP contribution in [0, 0.1) is 5.92 Å². The minimum atomic E-state index is 0.388. The molecule has 6 heteroatoms. The highest BCUT2D eigenvalue weighted by atomic mass is 35.5. The zero-order valence-electron chi connectivity index (χ0n) is 11.3. The molecule has 1 heterocycles. The fraction of sp³-hybridized carbons (Fsp3) is 0.571. The SMILES string of the molecule is CC(Nc1c(Cl)cc(Cl)c2nsnc12)C1CCCCC1. The molecule has 1 aromatic carbocycles. The highest BCUT2D eigenvalue weighted by molar-refractivity contribution is 7.00. The largest absolute Gasteiger partial charge is 0.379 e. The van der Waals surface area contributed by atoms with E-state index in [9.17, 15) is 0 Å². The number of hydrogen-bond acceptors (Lipinski definition) is 4. The van der Waals surface area contributed by atoms with Gasteiger partial charge in [0.1, 0.15) is 11.0 Å². The molecule has 0 aliphatic heterocycles. The smallest absolute Gasteiger partial charge is 0.130 e. The van der Waals surface area contributed by atoms with Crippen LogP contribution in [-0.2, 0) is 0 Å². The third-order valence-electron chi connectivity index (χ3n) is 4.17. The van der Waals surface area contributed by atoms with Gasteiger partial charge in [0, 0.05) is 6.04 Å². The zero-order chi connectivity index (χ0) is 14.1. The molecule has 1 unspecified atom stereocenters. The summed E-state index contributed by atoms with van der Waals surface area (Å²) in [5, 5.41) is 4.74. The molecule has 108 valence electrons. The lowest BCUT2D eigenvalue weighted by molar-refractivity contribution is 0.328. The summed E-state index contributed by atoms with van der Waals surface area (Å²) in [6.45, 7) is 2.23. The predicted octanol–water partition coefficient (Wildman–Crippen LogP) is 5.38. The third kappa shape index (κ3) is 2.74. The van der Waals surface area contributed by atoms with Crippen molar-refractivity contribution in [2.24, 2.45) is 5.92 Å². The molecule has 0 radical (unpaired) electrons. The van der Waals surface area contributed by atoms with Gasteiger partial charge in [0.25, 0.3) is 0 Å². The average Bonchev–Trinajstić information content (AvgIpc) is 2.94. The first kappa shape index (κ1) is 14.4. The van der Waals surface area contributed by atoms with E-state index in [4.69, 9.17) is 23.2 Å². The van der Waals surface area contributed by atoms with Crippen LogP contribution in [0.25, 0.3) is 11.0 Å². The first-order valence-electron chi connectivity index (χ1n) is 7.03. The van der Waals surface area contributed by atoms with Crippen molar-refractivity contribution in [2.75, 3.05) is 5.32 Å². The molecule has 1 atom stereocenters. The minimum absolute atomic E-state index is 0.388. The molecule has 0 spiro atoms. The molecule has 1 saturated carbocycles. The van der Waals surface area contributed by atoms with Crippen molar-refractivity contribution in [3.63, 3.8) is 0 Å². The molecule has 1 aliphatic carbocycles. The van der Waals surface area contributed by atoms with E-state index in [0.29, 0.717) is 22.0 Å². The van der Waals surface area contributed by atoms with Gasteiger partial charge in [-0.25, -0.2) is 0 Å². The summed E-state index contributed by atoms with van der Waals surface area (Å²) in [7, 11) is 0. The van der Waals surface area contributed by atoms with Crippen LogP contribution in [0.1, 0.15) is 39.0 Å². The number of nitrogens with zero attached hydrogens (tertiary/aromatic N) is 2. The second kappa shape index (κ2) is 6.04. The molecule has 3 rings (SSSR count). The maximum atomic E-state index is 6.34. The molecule has 20 heavy (non-hydrogen) atoms. The Kier molecular flexibility index (Phi) is 4.34. The number of nitrogens with one attached hydrogen (secondary N) is 1. The van der Waals surface area contributed by atoms with Crippen molar-refractivity contribution < 1.29 is 0 Å². The summed E-state index contributed by atoms with van der Waals surface area (Å²) in [4.78, 5) is 0. The van der Waals surface area contributed by atoms with Crippen LogP contribution in [-0.4, -0.2) is 14.8 Å². The second-order valence-electron chi connectivity index (χ2n) is 5.51. The van der Waals surface area contributed by atoms with Gasteiger partial charge in [0.15, 0.2) is 0 Å². The maximum absolute atomic E-state index is 6.34. The van der Waals surface area contributed by atoms with Crippen molar-refractivity contribution in [2.45, 2.75) is 45.1 Å². The standard InChI is InChI=1S/C14H17Cl2N3S/c1-8(9-5-3-2-4-6-9)17-12-10(15)7-11(16)13-14(12)19-20-18-13/h7-9,17H,2-6H2,1H3. The molecular formula is C14H17Cl2N3S. The van der Waals surface area contributed by atoms with Crippen molar-refractivity contribution in [1.82, 2.24) is 8.75 Å². The summed E-state index contributed by atoms with van der Waals surface area (Å²) in [5.41, 5.74) is 2.40. The van der Waals surface area contributed by atoms with Gasteiger partial charge in [-0.1, -0.05) is 42.5 Å². The van der Waals surface area contributed by atoms with Gasteiger partial charge < -0.3 is 5.32 Å². The Hall–Kier alpha value is -0.580. The third-order valence-corrected chi connectivity index (χ3v) is 5.29. The van der Waals surface area contributed by atoms with E-state index in [1.807, 2.05) is 0 Å². The molecule has 0 amide bonds. The van der Waals surface area contributed by atoms with Gasteiger partial charge in [0.05, 0.1) is 27.5 Å². The summed E-state index contributed by atoms with van der Waals surface area (Å²) in [5.74, 6) is 0.706. The van der Waals surface area contributed by atoms with Crippen LogP contribution in [0.15, 0.2) is 6.07 Å². The second-order valence-corrected chi connectivity index (χ2v) is 6.85. The van der Waals surface area contributed by atoms with Crippen LogP contribution in [0.4, 0.5) is 5.69 Å². The molecular weight excluding hydrogens is 313 g/mol. The van der Waals surface area contributed by atoms with Crippen LogP contribution in [0.2, 0.25) is 10.0 Å². The molecule has 2 aromatic rings. The zero-order valence-corrected chi connectivity index (χ0v) is 13.7. The summed E-state index contributed by atoms with van der Waals surface area (Å²) < 4.78 is 8.58. The van der Waals surface area contributed by atoms with Gasteiger partial charge in [0.2, 0.25) is 0 Å². The van der Waals surface area contributed by atoms with Crippen molar-refractivity contribution in [3.05, 3.63) is 16.1 Å². The Morgan fingerprint density at radius 2 is 1.85 bits per heavy atom. The Bertz CT molecular complexity index is 608.